The second-order valence-electron chi connectivity index (χ2n) is 6.78. The number of carbonyl (C=O) groups is 2. The van der Waals surface area contributed by atoms with E-state index in [0.29, 0.717) is 10.6 Å². The molecule has 0 spiro atoms. The summed E-state index contributed by atoms with van der Waals surface area (Å²) in [5.74, 6) is -0.519. The third-order valence-corrected chi connectivity index (χ3v) is 5.50. The molecule has 2 aromatic carbocycles. The van der Waals surface area contributed by atoms with Crippen molar-refractivity contribution in [2.45, 2.75) is 26.2 Å². The molecular weight excluding hydrogens is 370 g/mol. The molecule has 1 atom stereocenters. The summed E-state index contributed by atoms with van der Waals surface area (Å²) in [4.78, 5) is 24.5. The Hall–Kier alpha value is -3.04. The molecule has 3 rings (SSSR count). The number of amides is 2. The Morgan fingerprint density at radius 3 is 2.64 bits per heavy atom. The van der Waals surface area contributed by atoms with Gasteiger partial charge in [0.15, 0.2) is 0 Å². The Morgan fingerprint density at radius 2 is 1.96 bits per heavy atom. The van der Waals surface area contributed by atoms with Crippen LogP contribution in [0, 0.1) is 25.2 Å². The molecule has 28 heavy (non-hydrogen) atoms. The maximum atomic E-state index is 12.3. The molecule has 2 amide bonds. The summed E-state index contributed by atoms with van der Waals surface area (Å²) in [5, 5.41) is 15.7. The summed E-state index contributed by atoms with van der Waals surface area (Å²) >= 11 is 1.18. The largest absolute Gasteiger partial charge is 0.325 e. The molecule has 0 saturated carbocycles. The van der Waals surface area contributed by atoms with Crippen LogP contribution in [0.2, 0.25) is 0 Å². The van der Waals surface area contributed by atoms with Crippen LogP contribution in [0.15, 0.2) is 59.1 Å². The van der Waals surface area contributed by atoms with Gasteiger partial charge in [-0.25, -0.2) is 0 Å². The van der Waals surface area contributed by atoms with Crippen LogP contribution in [-0.4, -0.2) is 17.6 Å². The van der Waals surface area contributed by atoms with Crippen molar-refractivity contribution in [3.63, 3.8) is 0 Å². The highest BCUT2D eigenvalue weighted by molar-refractivity contribution is 8.03. The van der Waals surface area contributed by atoms with Gasteiger partial charge in [-0.3, -0.25) is 9.59 Å². The van der Waals surface area contributed by atoms with Crippen LogP contribution < -0.4 is 10.6 Å². The number of hydrogen-bond donors (Lipinski definition) is 2. The summed E-state index contributed by atoms with van der Waals surface area (Å²) in [6.45, 7) is 3.95. The first-order valence-corrected chi connectivity index (χ1v) is 9.95. The Balaban J connectivity index is 1.74. The maximum Gasteiger partial charge on any atom is 0.234 e. The lowest BCUT2D eigenvalue weighted by Crippen LogP contribution is -2.31. The second-order valence-corrected chi connectivity index (χ2v) is 7.76. The predicted molar refractivity (Wildman–Crippen MR) is 112 cm³/mol. The molecule has 142 valence electrons. The summed E-state index contributed by atoms with van der Waals surface area (Å²) in [5.41, 5.74) is 4.33. The van der Waals surface area contributed by atoms with E-state index in [2.05, 4.69) is 16.7 Å². The van der Waals surface area contributed by atoms with Crippen molar-refractivity contribution in [2.75, 3.05) is 11.1 Å². The Morgan fingerprint density at radius 1 is 1.21 bits per heavy atom. The number of rotatable bonds is 5. The first kappa shape index (κ1) is 19.7. The van der Waals surface area contributed by atoms with Crippen LogP contribution in [0.5, 0.6) is 0 Å². The average Bonchev–Trinajstić information content (AvgIpc) is 2.66. The van der Waals surface area contributed by atoms with E-state index in [0.717, 1.165) is 22.4 Å². The molecule has 0 saturated heterocycles. The van der Waals surface area contributed by atoms with E-state index < -0.39 is 0 Å². The topological polar surface area (TPSA) is 82.0 Å². The minimum Gasteiger partial charge on any atom is -0.325 e. The van der Waals surface area contributed by atoms with E-state index in [1.165, 1.54) is 11.8 Å². The van der Waals surface area contributed by atoms with Crippen molar-refractivity contribution in [1.82, 2.24) is 5.32 Å². The second kappa shape index (κ2) is 8.77. The molecule has 1 aliphatic rings. The van der Waals surface area contributed by atoms with E-state index in [1.807, 2.05) is 62.4 Å². The standard InChI is InChI=1S/C22H21N3O2S/c1-14-6-8-16(9-7-14)18-11-20(26)25-22(19(18)12-23)28-13-21(27)24-17-5-3-4-15(2)10-17/h3-10,18H,11,13H2,1-2H3,(H,24,27)(H,25,26)/t18-/m1/s1. The molecule has 0 aromatic heterocycles. The molecule has 0 fully saturated rings. The monoisotopic (exact) mass is 391 g/mol. The van der Waals surface area contributed by atoms with E-state index in [-0.39, 0.29) is 29.9 Å². The number of hydrogen-bond acceptors (Lipinski definition) is 4. The highest BCUT2D eigenvalue weighted by Gasteiger charge is 2.29. The Bertz CT molecular complexity index is 974. The summed E-state index contributed by atoms with van der Waals surface area (Å²) in [7, 11) is 0. The number of aryl methyl sites for hydroxylation is 2. The summed E-state index contributed by atoms with van der Waals surface area (Å²) in [6.07, 6.45) is 0.228. The van der Waals surface area contributed by atoms with Gasteiger partial charge in [0, 0.05) is 18.0 Å². The van der Waals surface area contributed by atoms with Crippen LogP contribution in [0.1, 0.15) is 29.0 Å². The minimum absolute atomic E-state index is 0.107. The highest BCUT2D eigenvalue weighted by atomic mass is 32.2. The Labute approximate surface area is 168 Å². The number of carbonyl (C=O) groups excluding carboxylic acids is 2. The van der Waals surface area contributed by atoms with Crippen molar-refractivity contribution < 1.29 is 9.59 Å². The number of nitriles is 1. The van der Waals surface area contributed by atoms with Gasteiger partial charge in [0.1, 0.15) is 0 Å². The molecule has 5 nitrogen and oxygen atoms in total. The summed E-state index contributed by atoms with van der Waals surface area (Å²) < 4.78 is 0. The highest BCUT2D eigenvalue weighted by Crippen LogP contribution is 2.36. The van der Waals surface area contributed by atoms with E-state index in [4.69, 9.17) is 0 Å². The average molecular weight is 391 g/mol. The molecular formula is C22H21N3O2S. The number of allylic oxidation sites excluding steroid dienone is 1. The fourth-order valence-corrected chi connectivity index (χ4v) is 3.95. The van der Waals surface area contributed by atoms with E-state index >= 15 is 0 Å². The number of anilines is 1. The van der Waals surface area contributed by atoms with Crippen molar-refractivity contribution in [3.8, 4) is 6.07 Å². The maximum absolute atomic E-state index is 12.3. The van der Waals surface area contributed by atoms with Gasteiger partial charge in [-0.1, -0.05) is 53.7 Å². The van der Waals surface area contributed by atoms with Gasteiger partial charge in [-0.2, -0.15) is 5.26 Å². The van der Waals surface area contributed by atoms with Gasteiger partial charge in [-0.05, 0) is 37.1 Å². The fraction of sp³-hybridized carbons (Fsp3) is 0.227. The van der Waals surface area contributed by atoms with E-state index in [1.54, 1.807) is 0 Å². The molecule has 1 heterocycles. The zero-order valence-corrected chi connectivity index (χ0v) is 16.6. The zero-order chi connectivity index (χ0) is 20.1. The van der Waals surface area contributed by atoms with Crippen molar-refractivity contribution >= 4 is 29.3 Å². The molecule has 0 unspecified atom stereocenters. The third kappa shape index (κ3) is 4.81. The van der Waals surface area contributed by atoms with Gasteiger partial charge in [0.05, 0.1) is 22.4 Å². The lowest BCUT2D eigenvalue weighted by molar-refractivity contribution is -0.121. The van der Waals surface area contributed by atoms with Gasteiger partial charge < -0.3 is 10.6 Å². The van der Waals surface area contributed by atoms with Gasteiger partial charge in [0.2, 0.25) is 11.8 Å². The quantitative estimate of drug-likeness (QED) is 0.807. The van der Waals surface area contributed by atoms with Gasteiger partial charge in [-0.15, -0.1) is 0 Å². The number of benzene rings is 2. The van der Waals surface area contributed by atoms with Crippen LogP contribution in [-0.2, 0) is 9.59 Å². The molecule has 1 aliphatic heterocycles. The molecule has 0 bridgehead atoms. The Kier molecular flexibility index (Phi) is 6.17. The minimum atomic E-state index is -0.290. The first-order valence-electron chi connectivity index (χ1n) is 8.96. The molecule has 0 radical (unpaired) electrons. The van der Waals surface area contributed by atoms with Gasteiger partial charge >= 0.3 is 0 Å². The number of nitrogens with zero attached hydrogens (tertiary/aromatic N) is 1. The zero-order valence-electron chi connectivity index (χ0n) is 15.8. The number of nitrogens with one attached hydrogen (secondary N) is 2. The third-order valence-electron chi connectivity index (χ3n) is 4.49. The number of thioether (sulfide) groups is 1. The molecule has 2 aromatic rings. The molecule has 0 aliphatic carbocycles. The lowest BCUT2D eigenvalue weighted by Gasteiger charge is -2.25. The first-order chi connectivity index (χ1) is 13.5. The normalized spacial score (nSPS) is 16.3. The fourth-order valence-electron chi connectivity index (χ4n) is 3.07. The SMILES string of the molecule is Cc1ccc([C@H]2CC(=O)NC(SCC(=O)Nc3cccc(C)c3)=C2C#N)cc1. The van der Waals surface area contributed by atoms with Gasteiger partial charge in [0.25, 0.3) is 0 Å². The summed E-state index contributed by atoms with van der Waals surface area (Å²) in [6, 6.07) is 17.6. The predicted octanol–water partition coefficient (Wildman–Crippen LogP) is 4.01. The van der Waals surface area contributed by atoms with E-state index in [9.17, 15) is 14.9 Å². The van der Waals surface area contributed by atoms with Crippen molar-refractivity contribution in [3.05, 3.63) is 75.8 Å². The van der Waals surface area contributed by atoms with Crippen LogP contribution in [0.3, 0.4) is 0 Å². The van der Waals surface area contributed by atoms with Crippen molar-refractivity contribution in [2.24, 2.45) is 0 Å². The lowest BCUT2D eigenvalue weighted by atomic mass is 9.87. The van der Waals surface area contributed by atoms with Crippen LogP contribution >= 0.6 is 11.8 Å². The van der Waals surface area contributed by atoms with Crippen LogP contribution in [0.4, 0.5) is 5.69 Å². The van der Waals surface area contributed by atoms with Crippen molar-refractivity contribution in [1.29, 1.82) is 5.26 Å². The molecule has 2 N–H and O–H groups in total. The van der Waals surface area contributed by atoms with Crippen LogP contribution in [0.25, 0.3) is 0 Å². The smallest absolute Gasteiger partial charge is 0.234 e. The molecule has 6 heteroatoms.